The Hall–Kier alpha value is -2.48. The minimum atomic E-state index is -0.283. The molecule has 5 heteroatoms. The minimum Gasteiger partial charge on any atom is -0.268 e. The lowest BCUT2D eigenvalue weighted by Crippen LogP contribution is -2.05. The third-order valence-corrected chi connectivity index (χ3v) is 1.87. The second-order valence-corrected chi connectivity index (χ2v) is 2.91. The predicted octanol–water partition coefficient (Wildman–Crippen LogP) is 0.704. The number of nitriles is 1. The lowest BCUT2D eigenvalue weighted by atomic mass is 10.1. The Bertz CT molecular complexity index is 582. The second kappa shape index (κ2) is 3.72. The van der Waals surface area contributed by atoms with Crippen LogP contribution in [0.5, 0.6) is 0 Å². The van der Waals surface area contributed by atoms with Crippen molar-refractivity contribution in [2.45, 2.75) is 0 Å². The van der Waals surface area contributed by atoms with Crippen LogP contribution in [0.4, 0.5) is 0 Å². The van der Waals surface area contributed by atoms with E-state index in [0.29, 0.717) is 16.7 Å². The molecule has 1 N–H and O–H groups in total. The fourth-order valence-corrected chi connectivity index (χ4v) is 1.19. The summed E-state index contributed by atoms with van der Waals surface area (Å²) in [7, 11) is 0. The van der Waals surface area contributed by atoms with Crippen LogP contribution in [0.15, 0.2) is 35.5 Å². The van der Waals surface area contributed by atoms with Gasteiger partial charge in [0.25, 0.3) is 5.56 Å². The molecule has 0 aliphatic heterocycles. The average Bonchev–Trinajstić information content (AvgIpc) is 2.29. The Morgan fingerprint density at radius 2 is 2.00 bits per heavy atom. The summed E-state index contributed by atoms with van der Waals surface area (Å²) in [5.74, 6) is 0. The molecule has 0 spiro atoms. The zero-order chi connectivity index (χ0) is 10.7. The summed E-state index contributed by atoms with van der Waals surface area (Å²) in [4.78, 5) is 14.9. The van der Waals surface area contributed by atoms with E-state index in [-0.39, 0.29) is 5.56 Å². The Morgan fingerprint density at radius 1 is 1.20 bits per heavy atom. The number of nitrogens with one attached hydrogen (secondary N) is 1. The molecule has 72 valence electrons. The van der Waals surface area contributed by atoms with Crippen molar-refractivity contribution < 1.29 is 0 Å². The number of pyridine rings is 1. The molecule has 0 aliphatic rings. The molecule has 0 aromatic carbocycles. The van der Waals surface area contributed by atoms with Gasteiger partial charge in [0.1, 0.15) is 6.07 Å². The van der Waals surface area contributed by atoms with E-state index >= 15 is 0 Å². The minimum absolute atomic E-state index is 0.283. The molecule has 5 nitrogen and oxygen atoms in total. The zero-order valence-corrected chi connectivity index (χ0v) is 7.64. The van der Waals surface area contributed by atoms with Crippen molar-refractivity contribution >= 4 is 0 Å². The van der Waals surface area contributed by atoms with Crippen LogP contribution < -0.4 is 5.56 Å². The van der Waals surface area contributed by atoms with Gasteiger partial charge in [-0.3, -0.25) is 9.78 Å². The van der Waals surface area contributed by atoms with Crippen molar-refractivity contribution in [1.82, 2.24) is 15.2 Å². The lowest BCUT2D eigenvalue weighted by Gasteiger charge is -1.98. The molecule has 2 heterocycles. The van der Waals surface area contributed by atoms with E-state index in [2.05, 4.69) is 15.2 Å². The van der Waals surface area contributed by atoms with Crippen molar-refractivity contribution in [2.24, 2.45) is 0 Å². The smallest absolute Gasteiger partial charge is 0.264 e. The van der Waals surface area contributed by atoms with Gasteiger partial charge in [-0.05, 0) is 6.07 Å². The summed E-state index contributed by atoms with van der Waals surface area (Å²) < 4.78 is 0. The highest BCUT2D eigenvalue weighted by Gasteiger charge is 2.00. The molecule has 0 fully saturated rings. The number of nitrogens with zero attached hydrogens (tertiary/aromatic N) is 3. The van der Waals surface area contributed by atoms with Crippen molar-refractivity contribution in [3.05, 3.63) is 46.6 Å². The van der Waals surface area contributed by atoms with Crippen molar-refractivity contribution in [1.29, 1.82) is 5.26 Å². The fraction of sp³-hybridized carbons (Fsp3) is 0. The molecule has 2 rings (SSSR count). The highest BCUT2D eigenvalue weighted by molar-refractivity contribution is 5.62. The molecular formula is C10H6N4O. The largest absolute Gasteiger partial charge is 0.268 e. The molecule has 2 aromatic heterocycles. The van der Waals surface area contributed by atoms with Gasteiger partial charge in [-0.2, -0.15) is 10.4 Å². The number of aromatic nitrogens is 3. The van der Waals surface area contributed by atoms with E-state index in [1.165, 1.54) is 18.5 Å². The molecule has 0 saturated carbocycles. The fourth-order valence-electron chi connectivity index (χ4n) is 1.19. The molecule has 0 radical (unpaired) electrons. The Kier molecular flexibility index (Phi) is 2.25. The van der Waals surface area contributed by atoms with Gasteiger partial charge in [-0.25, -0.2) is 5.10 Å². The quantitative estimate of drug-likeness (QED) is 0.731. The van der Waals surface area contributed by atoms with Gasteiger partial charge in [-0.15, -0.1) is 0 Å². The van der Waals surface area contributed by atoms with Crippen molar-refractivity contribution in [3.8, 4) is 17.2 Å². The van der Waals surface area contributed by atoms with E-state index in [0.717, 1.165) is 0 Å². The number of H-pyrrole nitrogens is 1. The highest BCUT2D eigenvalue weighted by Crippen LogP contribution is 2.15. The Labute approximate surface area is 85.0 Å². The maximum atomic E-state index is 11.0. The number of hydrogen-bond acceptors (Lipinski definition) is 4. The third kappa shape index (κ3) is 1.89. The first-order valence-electron chi connectivity index (χ1n) is 4.20. The van der Waals surface area contributed by atoms with E-state index in [1.54, 1.807) is 12.3 Å². The van der Waals surface area contributed by atoms with Crippen LogP contribution in [0.25, 0.3) is 11.1 Å². The number of hydrogen-bond donors (Lipinski definition) is 1. The molecular weight excluding hydrogens is 192 g/mol. The van der Waals surface area contributed by atoms with E-state index in [4.69, 9.17) is 5.26 Å². The summed E-state index contributed by atoms with van der Waals surface area (Å²) >= 11 is 0. The van der Waals surface area contributed by atoms with Gasteiger partial charge >= 0.3 is 0 Å². The van der Waals surface area contributed by atoms with Gasteiger partial charge in [0, 0.05) is 29.6 Å². The maximum absolute atomic E-state index is 11.0. The van der Waals surface area contributed by atoms with E-state index < -0.39 is 0 Å². The molecule has 0 atom stereocenters. The van der Waals surface area contributed by atoms with Crippen LogP contribution in [-0.2, 0) is 0 Å². The molecule has 0 aliphatic carbocycles. The van der Waals surface area contributed by atoms with Crippen LogP contribution in [0, 0.1) is 11.3 Å². The van der Waals surface area contributed by atoms with Crippen LogP contribution in [0.1, 0.15) is 5.56 Å². The number of aromatic amines is 1. The van der Waals surface area contributed by atoms with Gasteiger partial charge in [-0.1, -0.05) is 0 Å². The lowest BCUT2D eigenvalue weighted by molar-refractivity contribution is 0.990. The summed E-state index contributed by atoms with van der Waals surface area (Å²) in [5, 5.41) is 14.6. The van der Waals surface area contributed by atoms with E-state index in [9.17, 15) is 4.79 Å². The molecule has 0 bridgehead atoms. The maximum Gasteiger partial charge on any atom is 0.264 e. The first kappa shape index (κ1) is 9.09. The summed E-state index contributed by atoms with van der Waals surface area (Å²) in [6.07, 6.45) is 4.56. The molecule has 0 saturated heterocycles. The van der Waals surface area contributed by atoms with Gasteiger partial charge in [0.05, 0.1) is 11.8 Å². The van der Waals surface area contributed by atoms with Crippen LogP contribution >= 0.6 is 0 Å². The average molecular weight is 198 g/mol. The zero-order valence-electron chi connectivity index (χ0n) is 7.64. The highest BCUT2D eigenvalue weighted by atomic mass is 16.1. The third-order valence-electron chi connectivity index (χ3n) is 1.87. The molecule has 0 unspecified atom stereocenters. The molecule has 15 heavy (non-hydrogen) atoms. The van der Waals surface area contributed by atoms with Gasteiger partial charge in [0.2, 0.25) is 0 Å². The number of rotatable bonds is 1. The normalized spacial score (nSPS) is 9.53. The molecule has 0 amide bonds. The van der Waals surface area contributed by atoms with Crippen molar-refractivity contribution in [3.63, 3.8) is 0 Å². The van der Waals surface area contributed by atoms with E-state index in [1.807, 2.05) is 6.07 Å². The van der Waals surface area contributed by atoms with Crippen LogP contribution in [0.2, 0.25) is 0 Å². The summed E-state index contributed by atoms with van der Waals surface area (Å²) in [6, 6.07) is 5.05. The Morgan fingerprint density at radius 3 is 2.73 bits per heavy atom. The summed E-state index contributed by atoms with van der Waals surface area (Å²) in [6.45, 7) is 0. The van der Waals surface area contributed by atoms with Crippen molar-refractivity contribution in [2.75, 3.05) is 0 Å². The topological polar surface area (TPSA) is 82.4 Å². The standard InChI is InChI=1S/C10H6N4O/c11-3-7-1-8(5-12-4-7)9-2-10(15)14-13-6-9/h1-2,4-6H,(H,14,15). The SMILES string of the molecule is N#Cc1cncc(-c2cn[nH]c(=O)c2)c1. The first-order valence-corrected chi connectivity index (χ1v) is 4.20. The molecule has 2 aromatic rings. The predicted molar refractivity (Wildman–Crippen MR) is 52.8 cm³/mol. The monoisotopic (exact) mass is 198 g/mol. The van der Waals surface area contributed by atoms with Crippen LogP contribution in [0.3, 0.4) is 0 Å². The van der Waals surface area contributed by atoms with Gasteiger partial charge < -0.3 is 0 Å². The van der Waals surface area contributed by atoms with Gasteiger partial charge in [0.15, 0.2) is 0 Å². The first-order chi connectivity index (χ1) is 7.29. The summed E-state index contributed by atoms with van der Waals surface area (Å²) in [5.41, 5.74) is 1.51. The second-order valence-electron chi connectivity index (χ2n) is 2.91. The van der Waals surface area contributed by atoms with Crippen LogP contribution in [-0.4, -0.2) is 15.2 Å². The Balaban J connectivity index is 2.55.